The quantitative estimate of drug-likeness (QED) is 0.846. The van der Waals surface area contributed by atoms with E-state index in [1.165, 1.54) is 0 Å². The summed E-state index contributed by atoms with van der Waals surface area (Å²) in [6.45, 7) is 2.06. The molecule has 0 saturated carbocycles. The molecule has 0 aliphatic carbocycles. The highest BCUT2D eigenvalue weighted by Crippen LogP contribution is 2.29. The van der Waals surface area contributed by atoms with Crippen LogP contribution in [-0.2, 0) is 6.42 Å². The lowest BCUT2D eigenvalue weighted by atomic mass is 10.1. The molecule has 2 aromatic carbocycles. The summed E-state index contributed by atoms with van der Waals surface area (Å²) < 4.78 is 0. The SMILES string of the molecule is CCc1ccc(Sc2ccc(N)cc2)cc1C#N. The third-order valence-electron chi connectivity index (χ3n) is 2.70. The van der Waals surface area contributed by atoms with Crippen LogP contribution in [0.3, 0.4) is 0 Å². The molecule has 90 valence electrons. The van der Waals surface area contributed by atoms with Gasteiger partial charge in [-0.05, 0) is 48.4 Å². The van der Waals surface area contributed by atoms with Crippen molar-refractivity contribution in [2.24, 2.45) is 0 Å². The van der Waals surface area contributed by atoms with Crippen LogP contribution in [0.4, 0.5) is 5.69 Å². The van der Waals surface area contributed by atoms with Gasteiger partial charge in [0.25, 0.3) is 0 Å². The molecule has 3 heteroatoms. The van der Waals surface area contributed by atoms with Crippen LogP contribution in [0.1, 0.15) is 18.1 Å². The van der Waals surface area contributed by atoms with Gasteiger partial charge in [0, 0.05) is 15.5 Å². The van der Waals surface area contributed by atoms with Gasteiger partial charge in [-0.15, -0.1) is 0 Å². The van der Waals surface area contributed by atoms with E-state index in [-0.39, 0.29) is 0 Å². The van der Waals surface area contributed by atoms with Crippen molar-refractivity contribution in [3.8, 4) is 6.07 Å². The standard InChI is InChI=1S/C15H14N2S/c1-2-11-3-6-15(9-12(11)10-16)18-14-7-4-13(17)5-8-14/h3-9H,2,17H2,1H3. The molecule has 0 aliphatic rings. The van der Waals surface area contributed by atoms with E-state index in [9.17, 15) is 0 Å². The van der Waals surface area contributed by atoms with Gasteiger partial charge < -0.3 is 5.73 Å². The number of aryl methyl sites for hydroxylation is 1. The highest BCUT2D eigenvalue weighted by molar-refractivity contribution is 7.99. The van der Waals surface area contributed by atoms with E-state index in [4.69, 9.17) is 11.0 Å². The third kappa shape index (κ3) is 2.85. The number of hydrogen-bond donors (Lipinski definition) is 1. The van der Waals surface area contributed by atoms with Crippen molar-refractivity contribution in [1.82, 2.24) is 0 Å². The lowest BCUT2D eigenvalue weighted by molar-refractivity contribution is 1.12. The molecule has 0 aromatic heterocycles. The van der Waals surface area contributed by atoms with Crippen molar-refractivity contribution < 1.29 is 0 Å². The third-order valence-corrected chi connectivity index (χ3v) is 3.70. The first-order valence-corrected chi connectivity index (χ1v) is 6.61. The fourth-order valence-electron chi connectivity index (χ4n) is 1.70. The fraction of sp³-hybridized carbons (Fsp3) is 0.133. The molecule has 0 radical (unpaired) electrons. The van der Waals surface area contributed by atoms with Crippen molar-refractivity contribution in [3.05, 3.63) is 53.6 Å². The van der Waals surface area contributed by atoms with Gasteiger partial charge in [0.2, 0.25) is 0 Å². The Kier molecular flexibility index (Phi) is 3.91. The highest BCUT2D eigenvalue weighted by atomic mass is 32.2. The predicted octanol–water partition coefficient (Wildman–Crippen LogP) is 3.85. The summed E-state index contributed by atoms with van der Waals surface area (Å²) >= 11 is 1.64. The van der Waals surface area contributed by atoms with Gasteiger partial charge in [-0.3, -0.25) is 0 Å². The summed E-state index contributed by atoms with van der Waals surface area (Å²) in [5.74, 6) is 0. The van der Waals surface area contributed by atoms with Crippen LogP contribution in [0.15, 0.2) is 52.3 Å². The largest absolute Gasteiger partial charge is 0.399 e. The van der Waals surface area contributed by atoms with E-state index >= 15 is 0 Å². The average Bonchev–Trinajstić information content (AvgIpc) is 2.41. The summed E-state index contributed by atoms with van der Waals surface area (Å²) in [5.41, 5.74) is 8.27. The average molecular weight is 254 g/mol. The number of benzene rings is 2. The Morgan fingerprint density at radius 1 is 1.11 bits per heavy atom. The minimum absolute atomic E-state index is 0.762. The maximum atomic E-state index is 9.10. The number of nitrogens with zero attached hydrogens (tertiary/aromatic N) is 1. The smallest absolute Gasteiger partial charge is 0.0994 e. The molecule has 18 heavy (non-hydrogen) atoms. The zero-order valence-electron chi connectivity index (χ0n) is 10.2. The minimum atomic E-state index is 0.762. The number of nitrogen functional groups attached to an aromatic ring is 1. The van der Waals surface area contributed by atoms with Crippen molar-refractivity contribution in [2.45, 2.75) is 23.1 Å². The summed E-state index contributed by atoms with van der Waals surface area (Å²) in [4.78, 5) is 2.20. The number of anilines is 1. The Hall–Kier alpha value is -1.92. The Morgan fingerprint density at radius 3 is 2.39 bits per heavy atom. The molecule has 0 spiro atoms. The summed E-state index contributed by atoms with van der Waals surface area (Å²) in [6.07, 6.45) is 0.885. The van der Waals surface area contributed by atoms with E-state index in [1.807, 2.05) is 36.4 Å². The Balaban J connectivity index is 2.25. The normalized spacial score (nSPS) is 10.0. The van der Waals surface area contributed by atoms with Crippen LogP contribution in [0.25, 0.3) is 0 Å². The van der Waals surface area contributed by atoms with E-state index in [0.29, 0.717) is 0 Å². The minimum Gasteiger partial charge on any atom is -0.399 e. The molecule has 0 aliphatic heterocycles. The Morgan fingerprint density at radius 2 is 1.78 bits per heavy atom. The summed E-state index contributed by atoms with van der Waals surface area (Å²) in [6, 6.07) is 16.0. The first kappa shape index (κ1) is 12.5. The van der Waals surface area contributed by atoms with Gasteiger partial charge in [-0.1, -0.05) is 24.8 Å². The molecule has 2 nitrogen and oxygen atoms in total. The molecule has 0 saturated heterocycles. The van der Waals surface area contributed by atoms with Gasteiger partial charge in [0.15, 0.2) is 0 Å². The van der Waals surface area contributed by atoms with Gasteiger partial charge in [-0.2, -0.15) is 5.26 Å². The van der Waals surface area contributed by atoms with Crippen LogP contribution in [0, 0.1) is 11.3 Å². The molecule has 0 unspecified atom stereocenters. The molecule has 2 rings (SSSR count). The first-order chi connectivity index (χ1) is 8.72. The maximum absolute atomic E-state index is 9.10. The maximum Gasteiger partial charge on any atom is 0.0994 e. The number of nitriles is 1. The van der Waals surface area contributed by atoms with Crippen LogP contribution < -0.4 is 5.73 Å². The molecular weight excluding hydrogens is 240 g/mol. The van der Waals surface area contributed by atoms with Crippen LogP contribution >= 0.6 is 11.8 Å². The lowest BCUT2D eigenvalue weighted by Gasteiger charge is -2.05. The van der Waals surface area contributed by atoms with Crippen LogP contribution in [0.5, 0.6) is 0 Å². The van der Waals surface area contributed by atoms with Gasteiger partial charge in [0.1, 0.15) is 0 Å². The fourth-order valence-corrected chi connectivity index (χ4v) is 2.56. The molecule has 0 heterocycles. The van der Waals surface area contributed by atoms with Gasteiger partial charge >= 0.3 is 0 Å². The van der Waals surface area contributed by atoms with Gasteiger partial charge in [0.05, 0.1) is 11.6 Å². The second kappa shape index (κ2) is 5.61. The second-order valence-electron chi connectivity index (χ2n) is 3.96. The zero-order chi connectivity index (χ0) is 13.0. The van der Waals surface area contributed by atoms with E-state index in [0.717, 1.165) is 33.0 Å². The monoisotopic (exact) mass is 254 g/mol. The molecule has 0 atom stereocenters. The molecule has 0 fully saturated rings. The van der Waals surface area contributed by atoms with E-state index in [1.54, 1.807) is 11.8 Å². The van der Waals surface area contributed by atoms with E-state index in [2.05, 4.69) is 19.1 Å². The number of hydrogen-bond acceptors (Lipinski definition) is 3. The lowest BCUT2D eigenvalue weighted by Crippen LogP contribution is -1.88. The first-order valence-electron chi connectivity index (χ1n) is 5.79. The van der Waals surface area contributed by atoms with Crippen molar-refractivity contribution in [2.75, 3.05) is 5.73 Å². The summed E-state index contributed by atoms with van der Waals surface area (Å²) in [5, 5.41) is 9.10. The van der Waals surface area contributed by atoms with Crippen LogP contribution in [-0.4, -0.2) is 0 Å². The number of rotatable bonds is 3. The molecule has 2 N–H and O–H groups in total. The Bertz CT molecular complexity index is 582. The molecular formula is C15H14N2S. The zero-order valence-corrected chi connectivity index (χ0v) is 11.0. The van der Waals surface area contributed by atoms with E-state index < -0.39 is 0 Å². The van der Waals surface area contributed by atoms with Gasteiger partial charge in [-0.25, -0.2) is 0 Å². The predicted molar refractivity (Wildman–Crippen MR) is 75.5 cm³/mol. The summed E-state index contributed by atoms with van der Waals surface area (Å²) in [7, 11) is 0. The van der Waals surface area contributed by atoms with Crippen molar-refractivity contribution in [3.63, 3.8) is 0 Å². The second-order valence-corrected chi connectivity index (χ2v) is 5.10. The molecule has 0 bridgehead atoms. The van der Waals surface area contributed by atoms with Crippen molar-refractivity contribution in [1.29, 1.82) is 5.26 Å². The topological polar surface area (TPSA) is 49.8 Å². The van der Waals surface area contributed by atoms with Crippen LogP contribution in [0.2, 0.25) is 0 Å². The molecule has 2 aromatic rings. The Labute approximate surface area is 111 Å². The van der Waals surface area contributed by atoms with Crippen molar-refractivity contribution >= 4 is 17.4 Å². The number of nitrogens with two attached hydrogens (primary N) is 1. The molecule has 0 amide bonds. The highest BCUT2D eigenvalue weighted by Gasteiger charge is 2.03.